The van der Waals surface area contributed by atoms with Gasteiger partial charge in [0.15, 0.2) is 0 Å². The highest BCUT2D eigenvalue weighted by atomic mass is 127. The molecule has 6 nitrogen and oxygen atoms in total. The van der Waals surface area contributed by atoms with Crippen LogP contribution in [0.2, 0.25) is 0 Å². The Kier molecular flexibility index (Phi) is 8.05. The lowest BCUT2D eigenvalue weighted by molar-refractivity contribution is -0.150. The molecule has 0 heterocycles. The zero-order valence-electron chi connectivity index (χ0n) is 9.73. The van der Waals surface area contributed by atoms with Gasteiger partial charge < -0.3 is 9.84 Å². The van der Waals surface area contributed by atoms with Crippen LogP contribution in [-0.2, 0) is 14.3 Å². The molecule has 0 spiro atoms. The first-order valence-electron chi connectivity index (χ1n) is 5.22. The third-order valence-electron chi connectivity index (χ3n) is 1.97. The molecular weight excluding hydrogens is 341 g/mol. The van der Waals surface area contributed by atoms with Gasteiger partial charge in [-0.3, -0.25) is 19.7 Å². The van der Waals surface area contributed by atoms with Gasteiger partial charge in [-0.15, -0.1) is 0 Å². The number of esters is 1. The van der Waals surface area contributed by atoms with Crippen LogP contribution in [-0.4, -0.2) is 33.1 Å². The van der Waals surface area contributed by atoms with Gasteiger partial charge in [0.2, 0.25) is 5.91 Å². The third kappa shape index (κ3) is 9.04. The lowest BCUT2D eigenvalue weighted by Crippen LogP contribution is -2.30. The summed E-state index contributed by atoms with van der Waals surface area (Å²) in [7, 11) is 0. The molecule has 0 aromatic heterocycles. The van der Waals surface area contributed by atoms with E-state index >= 15 is 0 Å². The predicted octanol–water partition coefficient (Wildman–Crippen LogP) is 1.14. The molecule has 2 unspecified atom stereocenters. The number of amides is 2. The van der Waals surface area contributed by atoms with Crippen LogP contribution in [0.4, 0.5) is 4.79 Å². The van der Waals surface area contributed by atoms with Crippen molar-refractivity contribution in [2.45, 2.75) is 45.3 Å². The summed E-state index contributed by atoms with van der Waals surface area (Å²) in [4.78, 5) is 32.8. The van der Waals surface area contributed by atoms with Crippen LogP contribution in [0, 0.1) is 0 Å². The number of halogens is 1. The molecule has 2 N–H and O–H groups in total. The molecule has 0 aliphatic heterocycles. The van der Waals surface area contributed by atoms with E-state index in [-0.39, 0.29) is 18.9 Å². The van der Waals surface area contributed by atoms with Crippen LogP contribution in [0.15, 0.2) is 0 Å². The fourth-order valence-electron chi connectivity index (χ4n) is 0.995. The Bertz CT molecular complexity index is 294. The van der Waals surface area contributed by atoms with E-state index in [1.807, 2.05) is 12.2 Å². The first-order chi connectivity index (χ1) is 7.85. The molecule has 7 heteroatoms. The smallest absolute Gasteiger partial charge is 0.308 e. The number of aliphatic hydroxyl groups is 1. The van der Waals surface area contributed by atoms with Gasteiger partial charge in [-0.2, -0.15) is 0 Å². The van der Waals surface area contributed by atoms with Crippen LogP contribution in [0.5, 0.6) is 0 Å². The minimum Gasteiger partial charge on any atom is -0.463 e. The van der Waals surface area contributed by atoms with Crippen molar-refractivity contribution in [2.75, 3.05) is 0 Å². The molecule has 0 saturated heterocycles. The fraction of sp³-hybridized carbons (Fsp3) is 0.700. The summed E-state index contributed by atoms with van der Waals surface area (Å²) in [5.74, 6) is -1.17. The van der Waals surface area contributed by atoms with Crippen molar-refractivity contribution in [2.24, 2.45) is 0 Å². The van der Waals surface area contributed by atoms with Gasteiger partial charge in [-0.1, -0.05) is 6.92 Å². The van der Waals surface area contributed by atoms with E-state index in [1.165, 1.54) is 22.6 Å². The first-order valence-corrected chi connectivity index (χ1v) is 6.29. The Balaban J connectivity index is 3.92. The Morgan fingerprint density at radius 3 is 2.41 bits per heavy atom. The Labute approximate surface area is 113 Å². The second kappa shape index (κ2) is 8.40. The monoisotopic (exact) mass is 357 g/mol. The van der Waals surface area contributed by atoms with Crippen LogP contribution in [0.25, 0.3) is 0 Å². The molecule has 0 rings (SSSR count). The molecular formula is C10H16INO5. The number of aliphatic hydroxyl groups excluding tert-OH is 1. The predicted molar refractivity (Wildman–Crippen MR) is 68.6 cm³/mol. The minimum atomic E-state index is -1.14. The summed E-state index contributed by atoms with van der Waals surface area (Å²) in [6.45, 7) is 3.61. The normalized spacial score (nSPS) is 13.6. The van der Waals surface area contributed by atoms with E-state index in [0.29, 0.717) is 6.42 Å². The zero-order chi connectivity index (χ0) is 13.4. The summed E-state index contributed by atoms with van der Waals surface area (Å²) >= 11 is 1.41. The summed E-state index contributed by atoms with van der Waals surface area (Å²) in [6.07, 6.45) is -1.22. The molecule has 0 aliphatic rings. The van der Waals surface area contributed by atoms with Crippen molar-refractivity contribution in [1.82, 2.24) is 5.32 Å². The van der Waals surface area contributed by atoms with Gasteiger partial charge in [0.25, 0.3) is 3.91 Å². The van der Waals surface area contributed by atoms with Gasteiger partial charge in [-0.25, -0.2) is 0 Å². The van der Waals surface area contributed by atoms with Gasteiger partial charge in [-0.05, 0) is 13.3 Å². The lowest BCUT2D eigenvalue weighted by Gasteiger charge is -2.13. The third-order valence-corrected chi connectivity index (χ3v) is 2.24. The number of rotatable bonds is 6. The highest BCUT2D eigenvalue weighted by molar-refractivity contribution is 14.1. The summed E-state index contributed by atoms with van der Waals surface area (Å²) < 4.78 is 4.41. The number of carbonyl (C=O) groups excluding carboxylic acids is 3. The molecule has 98 valence electrons. The molecule has 0 aromatic carbocycles. The molecule has 0 bridgehead atoms. The van der Waals surface area contributed by atoms with Crippen molar-refractivity contribution in [3.63, 3.8) is 0 Å². The standard InChI is InChI=1S/C10H16INO5/c1-3-6(2)17-9(15)5-7(13)4-8(14)12-10(11)16/h6-7,13H,3-5H2,1-2H3,(H,12,14,16). The number of nitrogens with one attached hydrogen (secondary N) is 1. The number of imide groups is 1. The summed E-state index contributed by atoms with van der Waals surface area (Å²) in [6, 6.07) is 0. The van der Waals surface area contributed by atoms with Crippen LogP contribution < -0.4 is 5.32 Å². The first kappa shape index (κ1) is 16.3. The molecule has 0 aliphatic carbocycles. The summed E-state index contributed by atoms with van der Waals surface area (Å²) in [5.41, 5.74) is 0. The largest absolute Gasteiger partial charge is 0.463 e. The molecule has 17 heavy (non-hydrogen) atoms. The SMILES string of the molecule is CCC(C)OC(=O)CC(O)CC(=O)NC(=O)I. The number of carbonyl (C=O) groups is 3. The van der Waals surface area contributed by atoms with Gasteiger partial charge in [0.05, 0.1) is 25.0 Å². The molecule has 0 saturated carbocycles. The quantitative estimate of drug-likeness (QED) is 0.322. The van der Waals surface area contributed by atoms with E-state index < -0.39 is 21.9 Å². The van der Waals surface area contributed by atoms with Crippen molar-refractivity contribution in [1.29, 1.82) is 0 Å². The lowest BCUT2D eigenvalue weighted by atomic mass is 10.2. The maximum Gasteiger partial charge on any atom is 0.308 e. The Morgan fingerprint density at radius 2 is 1.94 bits per heavy atom. The van der Waals surface area contributed by atoms with E-state index in [1.54, 1.807) is 6.92 Å². The molecule has 0 aromatic rings. The van der Waals surface area contributed by atoms with Crippen LogP contribution >= 0.6 is 22.6 Å². The highest BCUT2D eigenvalue weighted by Crippen LogP contribution is 2.04. The average molecular weight is 357 g/mol. The number of ether oxygens (including phenoxy) is 1. The maximum atomic E-state index is 11.2. The topological polar surface area (TPSA) is 92.7 Å². The molecule has 2 atom stereocenters. The Hall–Kier alpha value is -0.700. The van der Waals surface area contributed by atoms with Crippen molar-refractivity contribution in [3.05, 3.63) is 0 Å². The van der Waals surface area contributed by atoms with Gasteiger partial charge >= 0.3 is 5.97 Å². The van der Waals surface area contributed by atoms with E-state index in [4.69, 9.17) is 4.74 Å². The van der Waals surface area contributed by atoms with Crippen molar-refractivity contribution in [3.8, 4) is 0 Å². The van der Waals surface area contributed by atoms with Crippen LogP contribution in [0.1, 0.15) is 33.1 Å². The second-order valence-corrected chi connectivity index (χ2v) is 4.57. The Morgan fingerprint density at radius 1 is 1.35 bits per heavy atom. The summed E-state index contributed by atoms with van der Waals surface area (Å²) in [5, 5.41) is 11.4. The van der Waals surface area contributed by atoms with E-state index in [0.717, 1.165) is 0 Å². The maximum absolute atomic E-state index is 11.2. The minimum absolute atomic E-state index is 0.209. The molecule has 0 fully saturated rings. The van der Waals surface area contributed by atoms with Gasteiger partial charge in [0.1, 0.15) is 0 Å². The second-order valence-electron chi connectivity index (χ2n) is 3.59. The van der Waals surface area contributed by atoms with Crippen molar-refractivity contribution >= 4 is 38.4 Å². The number of hydrogen-bond acceptors (Lipinski definition) is 5. The highest BCUT2D eigenvalue weighted by Gasteiger charge is 2.17. The van der Waals surface area contributed by atoms with E-state index in [2.05, 4.69) is 0 Å². The molecule has 2 amide bonds. The number of hydrogen-bond donors (Lipinski definition) is 2. The van der Waals surface area contributed by atoms with Gasteiger partial charge in [0, 0.05) is 22.6 Å². The van der Waals surface area contributed by atoms with Crippen LogP contribution in [0.3, 0.4) is 0 Å². The van der Waals surface area contributed by atoms with E-state index in [9.17, 15) is 19.5 Å². The fourth-order valence-corrected chi connectivity index (χ4v) is 1.30. The zero-order valence-corrected chi connectivity index (χ0v) is 11.9. The molecule has 0 radical (unpaired) electrons. The average Bonchev–Trinajstić information content (AvgIpc) is 2.14. The van der Waals surface area contributed by atoms with Crippen molar-refractivity contribution < 1.29 is 24.2 Å².